The van der Waals surface area contributed by atoms with Gasteiger partial charge in [-0.15, -0.1) is 0 Å². The lowest BCUT2D eigenvalue weighted by Gasteiger charge is -2.36. The summed E-state index contributed by atoms with van der Waals surface area (Å²) in [4.78, 5) is 1.20. The molecule has 186 valence electrons. The molecular weight excluding hydrogens is 494 g/mol. The van der Waals surface area contributed by atoms with Gasteiger partial charge in [-0.2, -0.15) is 4.31 Å². The second kappa shape index (κ2) is 11.1. The average Bonchev–Trinajstić information content (AvgIpc) is 2.82. The van der Waals surface area contributed by atoms with E-state index in [2.05, 4.69) is 11.0 Å². The zero-order valence-corrected chi connectivity index (χ0v) is 20.9. The van der Waals surface area contributed by atoms with E-state index in [1.807, 2.05) is 49.4 Å². The number of rotatable bonds is 8. The fourth-order valence-electron chi connectivity index (χ4n) is 4.18. The van der Waals surface area contributed by atoms with Crippen LogP contribution in [0.3, 0.4) is 0 Å². The van der Waals surface area contributed by atoms with Crippen molar-refractivity contribution in [2.45, 2.75) is 24.5 Å². The lowest BCUT2D eigenvalue weighted by molar-refractivity contribution is 0.00770. The van der Waals surface area contributed by atoms with Gasteiger partial charge in [-0.05, 0) is 42.3 Å². The van der Waals surface area contributed by atoms with Gasteiger partial charge in [0, 0.05) is 37.7 Å². The van der Waals surface area contributed by atoms with Crippen molar-refractivity contribution >= 4 is 21.6 Å². The van der Waals surface area contributed by atoms with Crippen LogP contribution in [0.4, 0.5) is 8.78 Å². The topological polar surface area (TPSA) is 49.9 Å². The van der Waals surface area contributed by atoms with E-state index in [-0.39, 0.29) is 19.2 Å². The van der Waals surface area contributed by atoms with Crippen LogP contribution in [0.2, 0.25) is 5.02 Å². The molecule has 1 saturated heterocycles. The second-order valence-electron chi connectivity index (χ2n) is 8.60. The van der Waals surface area contributed by atoms with Gasteiger partial charge in [0.2, 0.25) is 10.0 Å². The van der Waals surface area contributed by atoms with Gasteiger partial charge < -0.3 is 4.74 Å². The van der Waals surface area contributed by atoms with Crippen LogP contribution < -0.4 is 0 Å². The van der Waals surface area contributed by atoms with Crippen molar-refractivity contribution in [3.8, 4) is 0 Å². The van der Waals surface area contributed by atoms with Crippen molar-refractivity contribution in [1.29, 1.82) is 0 Å². The Morgan fingerprint density at radius 2 is 1.57 bits per heavy atom. The molecule has 0 unspecified atom stereocenters. The molecular formula is C26H27ClF2N2O3S. The maximum absolute atomic E-state index is 14.1. The lowest BCUT2D eigenvalue weighted by Crippen LogP contribution is -2.49. The third kappa shape index (κ3) is 6.26. The van der Waals surface area contributed by atoms with Crippen LogP contribution in [-0.4, -0.2) is 50.3 Å². The molecule has 1 aliphatic heterocycles. The molecule has 0 N–H and O–H groups in total. The molecule has 3 aromatic rings. The minimum atomic E-state index is -4.27. The van der Waals surface area contributed by atoms with Crippen LogP contribution in [0, 0.1) is 18.6 Å². The molecule has 1 heterocycles. The first kappa shape index (κ1) is 25.7. The van der Waals surface area contributed by atoms with Gasteiger partial charge >= 0.3 is 0 Å². The van der Waals surface area contributed by atoms with Gasteiger partial charge in [0.1, 0.15) is 11.6 Å². The molecule has 1 fully saturated rings. The minimum Gasteiger partial charge on any atom is -0.368 e. The summed E-state index contributed by atoms with van der Waals surface area (Å²) in [5.74, 6) is -2.17. The Balaban J connectivity index is 1.44. The summed E-state index contributed by atoms with van der Waals surface area (Å²) < 4.78 is 61.5. The molecule has 0 radical (unpaired) electrons. The summed E-state index contributed by atoms with van der Waals surface area (Å²) in [6, 6.07) is 18.6. The van der Waals surface area contributed by atoms with Gasteiger partial charge in [0.25, 0.3) is 0 Å². The molecule has 4 rings (SSSR count). The highest BCUT2D eigenvalue weighted by molar-refractivity contribution is 7.89. The predicted molar refractivity (Wildman–Crippen MR) is 132 cm³/mol. The molecule has 0 saturated carbocycles. The Morgan fingerprint density at radius 1 is 0.943 bits per heavy atom. The van der Waals surface area contributed by atoms with Crippen LogP contribution in [0.1, 0.15) is 22.8 Å². The monoisotopic (exact) mass is 520 g/mol. The fraction of sp³-hybridized carbons (Fsp3) is 0.308. The standard InChI is InChI=1S/C26H27ClF2N2O3S/c1-19-4-2-5-20(16-19)18-34-25(21-8-10-22(27)11-9-21)17-30-12-14-31(15-13-30)35(32,33)26-23(28)6-3-7-24(26)29/h2-11,16,25H,12-15,17-18H2,1H3/t25-/m1/s1. The van der Waals surface area contributed by atoms with Crippen molar-refractivity contribution in [3.63, 3.8) is 0 Å². The van der Waals surface area contributed by atoms with Crippen LogP contribution in [-0.2, 0) is 21.4 Å². The number of halogens is 3. The highest BCUT2D eigenvalue weighted by Gasteiger charge is 2.33. The van der Waals surface area contributed by atoms with Gasteiger partial charge in [-0.1, -0.05) is 59.6 Å². The first-order chi connectivity index (χ1) is 16.7. The second-order valence-corrected chi connectivity index (χ2v) is 10.9. The molecule has 0 spiro atoms. The lowest BCUT2D eigenvalue weighted by atomic mass is 10.1. The smallest absolute Gasteiger partial charge is 0.249 e. The molecule has 0 aromatic heterocycles. The predicted octanol–water partition coefficient (Wildman–Crippen LogP) is 5.19. The quantitative estimate of drug-likeness (QED) is 0.410. The Bertz CT molecular complexity index is 1240. The van der Waals surface area contributed by atoms with Gasteiger partial charge in [0.05, 0.1) is 12.7 Å². The first-order valence-corrected chi connectivity index (χ1v) is 13.1. The van der Waals surface area contributed by atoms with E-state index in [1.165, 1.54) is 0 Å². The third-order valence-electron chi connectivity index (χ3n) is 6.05. The Hall–Kier alpha value is -2.36. The summed E-state index contributed by atoms with van der Waals surface area (Å²) in [6.07, 6.45) is -0.264. The number of aryl methyl sites for hydroxylation is 1. The number of nitrogens with zero attached hydrogens (tertiary/aromatic N) is 2. The molecule has 0 aliphatic carbocycles. The van der Waals surface area contributed by atoms with Gasteiger partial charge in [-0.3, -0.25) is 4.90 Å². The largest absolute Gasteiger partial charge is 0.368 e. The van der Waals surface area contributed by atoms with Crippen molar-refractivity contribution in [2.75, 3.05) is 32.7 Å². The van der Waals surface area contributed by atoms with Crippen LogP contribution in [0.25, 0.3) is 0 Å². The number of ether oxygens (including phenoxy) is 1. The van der Waals surface area contributed by atoms with E-state index < -0.39 is 26.6 Å². The molecule has 1 aliphatic rings. The van der Waals surface area contributed by atoms with Crippen LogP contribution in [0.15, 0.2) is 71.6 Å². The number of hydrogen-bond donors (Lipinski definition) is 0. The van der Waals surface area contributed by atoms with E-state index in [0.29, 0.717) is 31.3 Å². The highest BCUT2D eigenvalue weighted by atomic mass is 35.5. The van der Waals surface area contributed by atoms with Gasteiger partial charge in [-0.25, -0.2) is 17.2 Å². The van der Waals surface area contributed by atoms with Crippen LogP contribution in [0.5, 0.6) is 0 Å². The van der Waals surface area contributed by atoms with Crippen molar-refractivity contribution in [3.05, 3.63) is 100 Å². The molecule has 0 amide bonds. The van der Waals surface area contributed by atoms with E-state index in [0.717, 1.165) is 39.2 Å². The van der Waals surface area contributed by atoms with Crippen molar-refractivity contribution in [1.82, 2.24) is 9.21 Å². The van der Waals surface area contributed by atoms with E-state index in [4.69, 9.17) is 16.3 Å². The SMILES string of the molecule is Cc1cccc(CO[C@H](CN2CCN(S(=O)(=O)c3c(F)cccc3F)CC2)c2ccc(Cl)cc2)c1. The minimum absolute atomic E-state index is 0.126. The summed E-state index contributed by atoms with van der Waals surface area (Å²) in [6.45, 7) is 4.06. The molecule has 35 heavy (non-hydrogen) atoms. The van der Waals surface area contributed by atoms with Crippen molar-refractivity contribution in [2.24, 2.45) is 0 Å². The Kier molecular flexibility index (Phi) is 8.19. The van der Waals surface area contributed by atoms with E-state index >= 15 is 0 Å². The maximum Gasteiger partial charge on any atom is 0.249 e. The average molecular weight is 521 g/mol. The Labute approximate surface area is 209 Å². The van der Waals surface area contributed by atoms with Crippen molar-refractivity contribution < 1.29 is 21.9 Å². The molecule has 3 aromatic carbocycles. The third-order valence-corrected chi connectivity index (χ3v) is 8.25. The number of piperazine rings is 1. The highest BCUT2D eigenvalue weighted by Crippen LogP contribution is 2.26. The zero-order chi connectivity index (χ0) is 25.0. The Morgan fingerprint density at radius 3 is 2.20 bits per heavy atom. The fourth-order valence-corrected chi connectivity index (χ4v) is 5.83. The molecule has 1 atom stereocenters. The van der Waals surface area contributed by atoms with E-state index in [1.54, 1.807) is 0 Å². The normalized spacial score (nSPS) is 16.3. The molecule has 9 heteroatoms. The molecule has 0 bridgehead atoms. The van der Waals surface area contributed by atoms with Crippen LogP contribution >= 0.6 is 11.6 Å². The number of sulfonamides is 1. The summed E-state index contributed by atoms with van der Waals surface area (Å²) in [7, 11) is -4.27. The first-order valence-electron chi connectivity index (χ1n) is 11.3. The van der Waals surface area contributed by atoms with Gasteiger partial charge in [0.15, 0.2) is 4.90 Å². The number of hydrogen-bond acceptors (Lipinski definition) is 4. The number of benzene rings is 3. The summed E-state index contributed by atoms with van der Waals surface area (Å²) in [5, 5.41) is 0.630. The summed E-state index contributed by atoms with van der Waals surface area (Å²) >= 11 is 6.06. The zero-order valence-electron chi connectivity index (χ0n) is 19.3. The van der Waals surface area contributed by atoms with E-state index in [9.17, 15) is 17.2 Å². The maximum atomic E-state index is 14.1. The summed E-state index contributed by atoms with van der Waals surface area (Å²) in [5.41, 5.74) is 3.18. The molecule has 5 nitrogen and oxygen atoms in total.